The molecule has 1 amide bonds. The summed E-state index contributed by atoms with van der Waals surface area (Å²) in [5.74, 6) is 0.940. The molecular formula is C14H25NO3S. The van der Waals surface area contributed by atoms with Crippen LogP contribution in [0.4, 0.5) is 0 Å². The number of hydrogen-bond acceptors (Lipinski definition) is 4. The van der Waals surface area contributed by atoms with Gasteiger partial charge in [-0.2, -0.15) is 11.8 Å². The van der Waals surface area contributed by atoms with Crippen molar-refractivity contribution in [2.45, 2.75) is 44.4 Å². The maximum Gasteiger partial charge on any atom is 0.226 e. The summed E-state index contributed by atoms with van der Waals surface area (Å²) < 4.78 is 11.5. The van der Waals surface area contributed by atoms with Gasteiger partial charge >= 0.3 is 0 Å². The third-order valence-corrected chi connectivity index (χ3v) is 5.10. The van der Waals surface area contributed by atoms with Crippen LogP contribution < -0.4 is 0 Å². The predicted octanol–water partition coefficient (Wildman–Crippen LogP) is 2.13. The molecule has 1 spiro atoms. The molecule has 0 aromatic carbocycles. The highest BCUT2D eigenvalue weighted by molar-refractivity contribution is 7.98. The molecule has 0 radical (unpaired) electrons. The number of amides is 1. The summed E-state index contributed by atoms with van der Waals surface area (Å²) in [6.07, 6.45) is 5.82. The molecule has 2 fully saturated rings. The number of thioether (sulfide) groups is 1. The van der Waals surface area contributed by atoms with Crippen LogP contribution in [0.2, 0.25) is 0 Å². The van der Waals surface area contributed by atoms with E-state index in [9.17, 15) is 4.79 Å². The fourth-order valence-corrected chi connectivity index (χ4v) is 3.71. The van der Waals surface area contributed by atoms with E-state index >= 15 is 0 Å². The van der Waals surface area contributed by atoms with E-state index in [0.29, 0.717) is 19.3 Å². The molecule has 0 aromatic heterocycles. The van der Waals surface area contributed by atoms with Gasteiger partial charge in [0.05, 0.1) is 13.2 Å². The second-order valence-corrected chi connectivity index (χ2v) is 6.55. The summed E-state index contributed by atoms with van der Waals surface area (Å²) in [5, 5.41) is 0. The van der Waals surface area contributed by atoms with Crippen LogP contribution in [-0.2, 0) is 14.3 Å². The zero-order chi connectivity index (χ0) is 13.9. The van der Waals surface area contributed by atoms with Gasteiger partial charge in [-0.25, -0.2) is 0 Å². The molecule has 0 bridgehead atoms. The second kappa shape index (κ2) is 6.46. The highest BCUT2D eigenvalue weighted by Gasteiger charge is 2.41. The molecule has 1 atom stereocenters. The molecule has 0 aromatic rings. The Labute approximate surface area is 120 Å². The van der Waals surface area contributed by atoms with E-state index in [1.54, 1.807) is 11.8 Å². The van der Waals surface area contributed by atoms with Crippen molar-refractivity contribution < 1.29 is 14.3 Å². The molecule has 0 N–H and O–H groups in total. The van der Waals surface area contributed by atoms with E-state index in [1.165, 1.54) is 0 Å². The first-order chi connectivity index (χ1) is 9.08. The molecule has 1 saturated heterocycles. The van der Waals surface area contributed by atoms with Crippen LogP contribution in [-0.4, -0.2) is 54.9 Å². The number of carbonyl (C=O) groups excluding carboxylic acids is 1. The Hall–Kier alpha value is -0.260. The van der Waals surface area contributed by atoms with E-state index < -0.39 is 0 Å². The fraction of sp³-hybridized carbons (Fsp3) is 0.929. The first-order valence-electron chi connectivity index (χ1n) is 7.11. The van der Waals surface area contributed by atoms with Gasteiger partial charge in [-0.15, -0.1) is 0 Å². The molecule has 1 aliphatic carbocycles. The smallest absolute Gasteiger partial charge is 0.226 e. The first kappa shape index (κ1) is 15.1. The summed E-state index contributed by atoms with van der Waals surface area (Å²) in [6, 6.07) is 0.343. The van der Waals surface area contributed by atoms with Gasteiger partial charge in [0.25, 0.3) is 0 Å². The molecular weight excluding hydrogens is 262 g/mol. The second-order valence-electron chi connectivity index (χ2n) is 5.64. The molecule has 1 aliphatic heterocycles. The Morgan fingerprint density at radius 2 is 1.95 bits per heavy atom. The lowest BCUT2D eigenvalue weighted by molar-refractivity contribution is -0.184. The Kier molecular flexibility index (Phi) is 5.15. The highest BCUT2D eigenvalue weighted by atomic mass is 32.2. The first-order valence-corrected chi connectivity index (χ1v) is 8.51. The lowest BCUT2D eigenvalue weighted by Crippen LogP contribution is -2.46. The Morgan fingerprint density at radius 1 is 1.37 bits per heavy atom. The van der Waals surface area contributed by atoms with Crippen molar-refractivity contribution >= 4 is 17.7 Å². The van der Waals surface area contributed by atoms with Gasteiger partial charge in [-0.1, -0.05) is 6.92 Å². The Morgan fingerprint density at radius 3 is 2.47 bits per heavy atom. The Balaban J connectivity index is 1.84. The van der Waals surface area contributed by atoms with Crippen LogP contribution in [0.5, 0.6) is 0 Å². The number of hydrogen-bond donors (Lipinski definition) is 0. The highest BCUT2D eigenvalue weighted by Crippen LogP contribution is 2.37. The summed E-state index contributed by atoms with van der Waals surface area (Å²) >= 11 is 1.73. The average Bonchev–Trinajstić information content (AvgIpc) is 2.86. The minimum atomic E-state index is -0.328. The maximum atomic E-state index is 12.3. The van der Waals surface area contributed by atoms with Crippen molar-refractivity contribution in [1.29, 1.82) is 0 Å². The molecule has 2 aliphatic rings. The van der Waals surface area contributed by atoms with Gasteiger partial charge < -0.3 is 14.4 Å². The molecule has 1 unspecified atom stereocenters. The third kappa shape index (κ3) is 3.44. The number of carbonyl (C=O) groups is 1. The topological polar surface area (TPSA) is 38.8 Å². The predicted molar refractivity (Wildman–Crippen MR) is 77.2 cm³/mol. The zero-order valence-electron chi connectivity index (χ0n) is 12.2. The van der Waals surface area contributed by atoms with Crippen molar-refractivity contribution in [3.05, 3.63) is 0 Å². The molecule has 5 heteroatoms. The largest absolute Gasteiger partial charge is 0.348 e. The van der Waals surface area contributed by atoms with Crippen LogP contribution in [0.3, 0.4) is 0 Å². The number of rotatable bonds is 4. The standard InChI is InChI=1S/C14H25NO3S/c1-11(10-19-3)13(16)15(2)12-4-6-14(7-5-12)17-8-9-18-14/h11-12H,4-10H2,1-3H3. The maximum absolute atomic E-state index is 12.3. The molecule has 2 rings (SSSR count). The van der Waals surface area contributed by atoms with Crippen LogP contribution in [0, 0.1) is 5.92 Å². The molecule has 4 nitrogen and oxygen atoms in total. The molecule has 1 saturated carbocycles. The van der Waals surface area contributed by atoms with E-state index in [-0.39, 0.29) is 17.6 Å². The minimum absolute atomic E-state index is 0.106. The van der Waals surface area contributed by atoms with Gasteiger partial charge in [0.1, 0.15) is 0 Å². The van der Waals surface area contributed by atoms with Gasteiger partial charge in [0.15, 0.2) is 5.79 Å². The van der Waals surface area contributed by atoms with Crippen molar-refractivity contribution in [2.24, 2.45) is 5.92 Å². The van der Waals surface area contributed by atoms with Crippen LogP contribution in [0.25, 0.3) is 0 Å². The van der Waals surface area contributed by atoms with Gasteiger partial charge in [-0.05, 0) is 19.1 Å². The van der Waals surface area contributed by atoms with E-state index in [0.717, 1.165) is 31.4 Å². The van der Waals surface area contributed by atoms with E-state index in [1.807, 2.05) is 25.1 Å². The normalized spacial score (nSPS) is 24.6. The minimum Gasteiger partial charge on any atom is -0.348 e. The monoisotopic (exact) mass is 287 g/mol. The summed E-state index contributed by atoms with van der Waals surface area (Å²) in [5.41, 5.74) is 0. The summed E-state index contributed by atoms with van der Waals surface area (Å²) in [7, 11) is 1.94. The quantitative estimate of drug-likeness (QED) is 0.794. The van der Waals surface area contributed by atoms with Gasteiger partial charge in [-0.3, -0.25) is 4.79 Å². The Bertz CT molecular complexity index is 308. The molecule has 1 heterocycles. The number of nitrogens with zero attached hydrogens (tertiary/aromatic N) is 1. The summed E-state index contributed by atoms with van der Waals surface area (Å²) in [4.78, 5) is 14.2. The molecule has 110 valence electrons. The fourth-order valence-electron chi connectivity index (χ4n) is 3.06. The zero-order valence-corrected chi connectivity index (χ0v) is 13.0. The van der Waals surface area contributed by atoms with E-state index in [2.05, 4.69) is 0 Å². The third-order valence-electron chi connectivity index (χ3n) is 4.26. The van der Waals surface area contributed by atoms with Crippen LogP contribution in [0.15, 0.2) is 0 Å². The lowest BCUT2D eigenvalue weighted by Gasteiger charge is -2.39. The molecule has 19 heavy (non-hydrogen) atoms. The summed E-state index contributed by atoms with van der Waals surface area (Å²) in [6.45, 7) is 3.44. The van der Waals surface area contributed by atoms with Crippen molar-refractivity contribution in [3.63, 3.8) is 0 Å². The van der Waals surface area contributed by atoms with E-state index in [4.69, 9.17) is 9.47 Å². The SMILES string of the molecule is CSCC(C)C(=O)N(C)C1CCC2(CC1)OCCO2. The average molecular weight is 287 g/mol. The van der Waals surface area contributed by atoms with Crippen molar-refractivity contribution in [3.8, 4) is 0 Å². The number of ether oxygens (including phenoxy) is 2. The van der Waals surface area contributed by atoms with Crippen molar-refractivity contribution in [2.75, 3.05) is 32.3 Å². The van der Waals surface area contributed by atoms with Gasteiger partial charge in [0, 0.05) is 37.6 Å². The lowest BCUT2D eigenvalue weighted by atomic mass is 9.89. The van der Waals surface area contributed by atoms with Gasteiger partial charge in [0.2, 0.25) is 5.91 Å². The van der Waals surface area contributed by atoms with Crippen molar-refractivity contribution in [1.82, 2.24) is 4.90 Å². The van der Waals surface area contributed by atoms with Crippen LogP contribution in [0.1, 0.15) is 32.6 Å². The van der Waals surface area contributed by atoms with Crippen LogP contribution >= 0.6 is 11.8 Å².